The fraction of sp³-hybridized carbons (Fsp3) is 0.538. The lowest BCUT2D eigenvalue weighted by atomic mass is 9.87. The highest BCUT2D eigenvalue weighted by Gasteiger charge is 2.12. The second-order valence-corrected chi connectivity index (χ2v) is 7.64. The van der Waals surface area contributed by atoms with E-state index in [9.17, 15) is 8.42 Å². The van der Waals surface area contributed by atoms with Crippen LogP contribution in [0.1, 0.15) is 26.3 Å². The molecule has 17 heavy (non-hydrogen) atoms. The van der Waals surface area contributed by atoms with Gasteiger partial charge in [0, 0.05) is 18.5 Å². The summed E-state index contributed by atoms with van der Waals surface area (Å²) in [5.41, 5.74) is 2.37. The molecule has 1 aromatic rings. The monoisotopic (exact) mass is 255 g/mol. The third-order valence-electron chi connectivity index (χ3n) is 2.55. The van der Waals surface area contributed by atoms with Gasteiger partial charge in [0.2, 0.25) is 0 Å². The molecular weight excluding hydrogens is 234 g/mol. The van der Waals surface area contributed by atoms with E-state index in [0.29, 0.717) is 6.54 Å². The van der Waals surface area contributed by atoms with Crippen LogP contribution in [0.15, 0.2) is 24.3 Å². The first-order chi connectivity index (χ1) is 7.68. The average Bonchev–Trinajstić information content (AvgIpc) is 2.15. The second kappa shape index (κ2) is 5.08. The Morgan fingerprint density at radius 2 is 1.65 bits per heavy atom. The molecular formula is C13H21NO2S. The van der Waals surface area contributed by atoms with E-state index >= 15 is 0 Å². The molecule has 0 saturated heterocycles. The van der Waals surface area contributed by atoms with E-state index in [1.165, 1.54) is 11.8 Å². The van der Waals surface area contributed by atoms with Gasteiger partial charge in [0.05, 0.1) is 5.75 Å². The minimum atomic E-state index is -2.89. The molecule has 0 aliphatic carbocycles. The Morgan fingerprint density at radius 3 is 2.06 bits per heavy atom. The van der Waals surface area contributed by atoms with Crippen LogP contribution in [0, 0.1) is 0 Å². The minimum absolute atomic E-state index is 0.144. The van der Waals surface area contributed by atoms with Crippen molar-refractivity contribution in [1.82, 2.24) is 0 Å². The topological polar surface area (TPSA) is 46.2 Å². The van der Waals surface area contributed by atoms with Crippen LogP contribution in [0.3, 0.4) is 0 Å². The molecule has 0 aromatic heterocycles. The summed E-state index contributed by atoms with van der Waals surface area (Å²) in [6, 6.07) is 8.12. The lowest BCUT2D eigenvalue weighted by molar-refractivity contribution is 0.590. The summed E-state index contributed by atoms with van der Waals surface area (Å²) in [4.78, 5) is 0. The van der Waals surface area contributed by atoms with Crippen LogP contribution in [0.2, 0.25) is 0 Å². The Balaban J connectivity index is 2.58. The largest absolute Gasteiger partial charge is 0.384 e. The summed E-state index contributed by atoms with van der Waals surface area (Å²) in [5, 5.41) is 3.10. The van der Waals surface area contributed by atoms with Crippen LogP contribution in [-0.2, 0) is 15.3 Å². The number of nitrogens with one attached hydrogen (secondary N) is 1. The van der Waals surface area contributed by atoms with Gasteiger partial charge in [-0.3, -0.25) is 0 Å². The summed E-state index contributed by atoms with van der Waals surface area (Å²) in [5.74, 6) is 0.161. The van der Waals surface area contributed by atoms with Gasteiger partial charge in [0.25, 0.3) is 0 Å². The van der Waals surface area contributed by atoms with Crippen LogP contribution < -0.4 is 5.32 Å². The maximum absolute atomic E-state index is 11.0. The molecule has 0 saturated carbocycles. The van der Waals surface area contributed by atoms with Crippen molar-refractivity contribution in [2.24, 2.45) is 0 Å². The first-order valence-corrected chi connectivity index (χ1v) is 7.77. The van der Waals surface area contributed by atoms with Crippen molar-refractivity contribution in [1.29, 1.82) is 0 Å². The van der Waals surface area contributed by atoms with Crippen LogP contribution in [-0.4, -0.2) is 27.0 Å². The van der Waals surface area contributed by atoms with Gasteiger partial charge in [-0.1, -0.05) is 32.9 Å². The van der Waals surface area contributed by atoms with E-state index in [1.807, 2.05) is 12.1 Å². The lowest BCUT2D eigenvalue weighted by Crippen LogP contribution is -2.14. The summed E-state index contributed by atoms with van der Waals surface area (Å²) >= 11 is 0. The normalized spacial score (nSPS) is 12.5. The summed E-state index contributed by atoms with van der Waals surface area (Å²) in [6.45, 7) is 6.95. The highest BCUT2D eigenvalue weighted by atomic mass is 32.2. The molecule has 0 spiro atoms. The molecule has 1 N–H and O–H groups in total. The first kappa shape index (κ1) is 14.0. The molecule has 0 heterocycles. The number of hydrogen-bond donors (Lipinski definition) is 1. The van der Waals surface area contributed by atoms with Gasteiger partial charge in [0.1, 0.15) is 9.84 Å². The Bertz CT molecular complexity index is 455. The number of anilines is 1. The molecule has 1 rings (SSSR count). The van der Waals surface area contributed by atoms with Crippen molar-refractivity contribution in [3.05, 3.63) is 29.8 Å². The standard InChI is InChI=1S/C13H21NO2S/c1-13(2,3)11-5-7-12(8-6-11)14-9-10-17(4,15)16/h5-8,14H,9-10H2,1-4H3. The van der Waals surface area contributed by atoms with E-state index in [-0.39, 0.29) is 11.2 Å². The van der Waals surface area contributed by atoms with Crippen LogP contribution in [0.5, 0.6) is 0 Å². The molecule has 0 aliphatic rings. The SMILES string of the molecule is CC(C)(C)c1ccc(NCCS(C)(=O)=O)cc1. The number of hydrogen-bond acceptors (Lipinski definition) is 3. The van der Waals surface area contributed by atoms with Crippen molar-refractivity contribution in [3.8, 4) is 0 Å². The van der Waals surface area contributed by atoms with Gasteiger partial charge in [0.15, 0.2) is 0 Å². The zero-order valence-corrected chi connectivity index (χ0v) is 11.8. The molecule has 0 bridgehead atoms. The number of sulfone groups is 1. The lowest BCUT2D eigenvalue weighted by Gasteiger charge is -2.19. The predicted octanol–water partition coefficient (Wildman–Crippen LogP) is 2.44. The van der Waals surface area contributed by atoms with E-state index in [0.717, 1.165) is 5.69 Å². The predicted molar refractivity (Wildman–Crippen MR) is 73.3 cm³/mol. The van der Waals surface area contributed by atoms with E-state index < -0.39 is 9.84 Å². The molecule has 0 unspecified atom stereocenters. The Morgan fingerprint density at radius 1 is 1.12 bits per heavy atom. The molecule has 0 fully saturated rings. The summed E-state index contributed by atoms with van der Waals surface area (Å²) < 4.78 is 21.9. The Hall–Kier alpha value is -1.03. The minimum Gasteiger partial charge on any atom is -0.384 e. The Kier molecular flexibility index (Phi) is 4.20. The zero-order chi connectivity index (χ0) is 13.1. The van der Waals surface area contributed by atoms with Crippen LogP contribution in [0.4, 0.5) is 5.69 Å². The molecule has 0 amide bonds. The smallest absolute Gasteiger partial charge is 0.149 e. The highest BCUT2D eigenvalue weighted by Crippen LogP contribution is 2.23. The van der Waals surface area contributed by atoms with Crippen molar-refractivity contribution in [2.75, 3.05) is 23.9 Å². The second-order valence-electron chi connectivity index (χ2n) is 5.38. The molecule has 0 aliphatic heterocycles. The third-order valence-corrected chi connectivity index (χ3v) is 3.50. The molecule has 1 aromatic carbocycles. The first-order valence-electron chi connectivity index (χ1n) is 5.71. The summed E-state index contributed by atoms with van der Waals surface area (Å²) in [6.07, 6.45) is 1.25. The fourth-order valence-corrected chi connectivity index (χ4v) is 1.94. The van der Waals surface area contributed by atoms with E-state index in [2.05, 4.69) is 38.2 Å². The summed E-state index contributed by atoms with van der Waals surface area (Å²) in [7, 11) is -2.89. The molecule has 0 radical (unpaired) electrons. The number of rotatable bonds is 4. The van der Waals surface area contributed by atoms with Gasteiger partial charge in [-0.2, -0.15) is 0 Å². The van der Waals surface area contributed by atoms with E-state index in [4.69, 9.17) is 0 Å². The van der Waals surface area contributed by atoms with Crippen molar-refractivity contribution >= 4 is 15.5 Å². The van der Waals surface area contributed by atoms with Crippen molar-refractivity contribution < 1.29 is 8.42 Å². The highest BCUT2D eigenvalue weighted by molar-refractivity contribution is 7.90. The van der Waals surface area contributed by atoms with Gasteiger partial charge < -0.3 is 5.32 Å². The van der Waals surface area contributed by atoms with Gasteiger partial charge in [-0.25, -0.2) is 8.42 Å². The quantitative estimate of drug-likeness (QED) is 0.899. The maximum Gasteiger partial charge on any atom is 0.149 e. The van der Waals surface area contributed by atoms with E-state index in [1.54, 1.807) is 0 Å². The Labute approximate surface area is 104 Å². The van der Waals surface area contributed by atoms with Crippen molar-refractivity contribution in [2.45, 2.75) is 26.2 Å². The average molecular weight is 255 g/mol. The molecule has 0 atom stereocenters. The molecule has 96 valence electrons. The van der Waals surface area contributed by atoms with Gasteiger partial charge in [-0.05, 0) is 23.1 Å². The number of benzene rings is 1. The zero-order valence-electron chi connectivity index (χ0n) is 10.9. The van der Waals surface area contributed by atoms with Crippen LogP contribution >= 0.6 is 0 Å². The molecule has 4 heteroatoms. The van der Waals surface area contributed by atoms with Crippen LogP contribution in [0.25, 0.3) is 0 Å². The van der Waals surface area contributed by atoms with Crippen molar-refractivity contribution in [3.63, 3.8) is 0 Å². The van der Waals surface area contributed by atoms with Gasteiger partial charge in [-0.15, -0.1) is 0 Å². The third kappa shape index (κ3) is 5.22. The fourth-order valence-electron chi connectivity index (χ4n) is 1.47. The maximum atomic E-state index is 11.0. The molecule has 3 nitrogen and oxygen atoms in total. The van der Waals surface area contributed by atoms with Gasteiger partial charge >= 0.3 is 0 Å².